The summed E-state index contributed by atoms with van der Waals surface area (Å²) in [5, 5.41) is 13.4. The van der Waals surface area contributed by atoms with E-state index in [4.69, 9.17) is 4.74 Å². The molecular weight excluding hydrogens is 226 g/mol. The quantitative estimate of drug-likeness (QED) is 0.811. The van der Waals surface area contributed by atoms with E-state index in [1.54, 1.807) is 0 Å². The molecule has 3 heteroatoms. The van der Waals surface area contributed by atoms with Crippen LogP contribution in [0.5, 0.6) is 0 Å². The second-order valence-corrected chi connectivity index (χ2v) is 6.90. The van der Waals surface area contributed by atoms with Crippen molar-refractivity contribution in [1.29, 1.82) is 0 Å². The molecule has 1 unspecified atom stereocenters. The Hall–Kier alpha value is -0.120. The maximum absolute atomic E-state index is 9.71. The average molecular weight is 255 g/mol. The fraction of sp³-hybridized carbons (Fsp3) is 1.00. The molecule has 2 rings (SSSR count). The summed E-state index contributed by atoms with van der Waals surface area (Å²) in [5.41, 5.74) is 0.162. The van der Waals surface area contributed by atoms with E-state index < -0.39 is 0 Å². The van der Waals surface area contributed by atoms with Crippen molar-refractivity contribution in [3.63, 3.8) is 0 Å². The molecule has 106 valence electrons. The SMILES string of the molecule is CC1(C)CC(NCC2(CO)CCCCC2)CCO1. The molecule has 3 nitrogen and oxygen atoms in total. The molecule has 0 radical (unpaired) electrons. The first-order valence-corrected chi connectivity index (χ1v) is 7.54. The first kappa shape index (κ1) is 14.3. The molecule has 0 aromatic rings. The second-order valence-electron chi connectivity index (χ2n) is 6.90. The number of ether oxygens (including phenoxy) is 1. The summed E-state index contributed by atoms with van der Waals surface area (Å²) in [6.45, 7) is 6.51. The minimum Gasteiger partial charge on any atom is -0.396 e. The van der Waals surface area contributed by atoms with Gasteiger partial charge in [0.15, 0.2) is 0 Å². The van der Waals surface area contributed by atoms with Crippen LogP contribution < -0.4 is 5.32 Å². The monoisotopic (exact) mass is 255 g/mol. The predicted molar refractivity (Wildman–Crippen MR) is 73.7 cm³/mol. The smallest absolute Gasteiger partial charge is 0.0641 e. The minimum atomic E-state index is 0.00879. The van der Waals surface area contributed by atoms with Crippen LogP contribution >= 0.6 is 0 Å². The largest absolute Gasteiger partial charge is 0.396 e. The van der Waals surface area contributed by atoms with Crippen molar-refractivity contribution in [2.24, 2.45) is 5.41 Å². The first-order valence-electron chi connectivity index (χ1n) is 7.54. The summed E-state index contributed by atoms with van der Waals surface area (Å²) in [6.07, 6.45) is 8.45. The predicted octanol–water partition coefficient (Wildman–Crippen LogP) is 2.48. The van der Waals surface area contributed by atoms with Crippen LogP contribution in [-0.2, 0) is 4.74 Å². The molecule has 2 N–H and O–H groups in total. The van der Waals surface area contributed by atoms with Crippen LogP contribution in [-0.4, -0.2) is 36.5 Å². The van der Waals surface area contributed by atoms with Gasteiger partial charge in [-0.1, -0.05) is 19.3 Å². The van der Waals surface area contributed by atoms with Gasteiger partial charge in [-0.15, -0.1) is 0 Å². The maximum Gasteiger partial charge on any atom is 0.0641 e. The highest BCUT2D eigenvalue weighted by molar-refractivity contribution is 4.88. The average Bonchev–Trinajstić information content (AvgIpc) is 2.36. The zero-order valence-corrected chi connectivity index (χ0v) is 12.0. The van der Waals surface area contributed by atoms with E-state index in [9.17, 15) is 5.11 Å². The second kappa shape index (κ2) is 5.89. The third-order valence-electron chi connectivity index (χ3n) is 4.71. The molecule has 0 aromatic carbocycles. The fourth-order valence-corrected chi connectivity index (χ4v) is 3.46. The molecule has 18 heavy (non-hydrogen) atoms. The van der Waals surface area contributed by atoms with E-state index in [1.165, 1.54) is 32.1 Å². The highest BCUT2D eigenvalue weighted by atomic mass is 16.5. The number of aliphatic hydroxyl groups excluding tert-OH is 1. The van der Waals surface area contributed by atoms with Crippen molar-refractivity contribution in [2.45, 2.75) is 70.4 Å². The molecule has 0 bridgehead atoms. The fourth-order valence-electron chi connectivity index (χ4n) is 3.46. The van der Waals surface area contributed by atoms with Gasteiger partial charge in [0.25, 0.3) is 0 Å². The minimum absolute atomic E-state index is 0.00879. The van der Waals surface area contributed by atoms with E-state index in [0.29, 0.717) is 12.6 Å². The van der Waals surface area contributed by atoms with Gasteiger partial charge in [-0.3, -0.25) is 0 Å². The molecule has 0 amide bonds. The zero-order valence-electron chi connectivity index (χ0n) is 12.0. The Labute approximate surface area is 111 Å². The molecule has 2 fully saturated rings. The highest BCUT2D eigenvalue weighted by Crippen LogP contribution is 2.35. The van der Waals surface area contributed by atoms with Crippen molar-refractivity contribution in [3.05, 3.63) is 0 Å². The van der Waals surface area contributed by atoms with E-state index in [1.807, 2.05) is 0 Å². The Morgan fingerprint density at radius 1 is 1.22 bits per heavy atom. The summed E-state index contributed by atoms with van der Waals surface area (Å²) in [7, 11) is 0. The van der Waals surface area contributed by atoms with E-state index >= 15 is 0 Å². The lowest BCUT2D eigenvalue weighted by Crippen LogP contribution is -2.48. The van der Waals surface area contributed by atoms with Gasteiger partial charge in [-0.25, -0.2) is 0 Å². The molecule has 0 spiro atoms. The summed E-state index contributed by atoms with van der Waals surface area (Å²) in [4.78, 5) is 0. The first-order chi connectivity index (χ1) is 8.55. The van der Waals surface area contributed by atoms with Crippen LogP contribution in [0.3, 0.4) is 0 Å². The summed E-state index contributed by atoms with van der Waals surface area (Å²) >= 11 is 0. The van der Waals surface area contributed by atoms with Crippen LogP contribution in [0.2, 0.25) is 0 Å². The maximum atomic E-state index is 9.71. The molecular formula is C15H29NO2. The van der Waals surface area contributed by atoms with Gasteiger partial charge < -0.3 is 15.2 Å². The Balaban J connectivity index is 1.82. The third-order valence-corrected chi connectivity index (χ3v) is 4.71. The van der Waals surface area contributed by atoms with Gasteiger partial charge in [0.05, 0.1) is 5.60 Å². The van der Waals surface area contributed by atoms with Gasteiger partial charge in [0.1, 0.15) is 0 Å². The lowest BCUT2D eigenvalue weighted by molar-refractivity contribution is -0.0650. The van der Waals surface area contributed by atoms with E-state index in [0.717, 1.165) is 26.0 Å². The van der Waals surface area contributed by atoms with Crippen LogP contribution in [0.1, 0.15) is 58.8 Å². The molecule has 1 aliphatic heterocycles. The van der Waals surface area contributed by atoms with E-state index in [2.05, 4.69) is 19.2 Å². The van der Waals surface area contributed by atoms with Crippen molar-refractivity contribution < 1.29 is 9.84 Å². The van der Waals surface area contributed by atoms with Gasteiger partial charge >= 0.3 is 0 Å². The molecule has 2 aliphatic rings. The standard InChI is InChI=1S/C15H29NO2/c1-14(2)10-13(6-9-18-14)16-11-15(12-17)7-4-3-5-8-15/h13,16-17H,3-12H2,1-2H3. The molecule has 1 atom stereocenters. The number of aliphatic hydroxyl groups is 1. The summed E-state index contributed by atoms with van der Waals surface area (Å²) in [5.74, 6) is 0. The summed E-state index contributed by atoms with van der Waals surface area (Å²) in [6, 6.07) is 0.555. The van der Waals surface area contributed by atoms with Crippen LogP contribution in [0.25, 0.3) is 0 Å². The van der Waals surface area contributed by atoms with Crippen molar-refractivity contribution in [3.8, 4) is 0 Å². The van der Waals surface area contributed by atoms with Gasteiger partial charge in [0.2, 0.25) is 0 Å². The van der Waals surface area contributed by atoms with E-state index in [-0.39, 0.29) is 11.0 Å². The topological polar surface area (TPSA) is 41.5 Å². The lowest BCUT2D eigenvalue weighted by Gasteiger charge is -2.40. The molecule has 1 saturated carbocycles. The molecule has 0 aromatic heterocycles. The number of rotatable bonds is 4. The number of hydrogen-bond acceptors (Lipinski definition) is 3. The van der Waals surface area contributed by atoms with Crippen molar-refractivity contribution in [2.75, 3.05) is 19.8 Å². The Morgan fingerprint density at radius 2 is 1.94 bits per heavy atom. The molecule has 1 saturated heterocycles. The van der Waals surface area contributed by atoms with Gasteiger partial charge in [-0.05, 0) is 39.5 Å². The molecule has 1 aliphatic carbocycles. The highest BCUT2D eigenvalue weighted by Gasteiger charge is 2.34. The third kappa shape index (κ3) is 3.69. The van der Waals surface area contributed by atoms with Crippen LogP contribution in [0.4, 0.5) is 0 Å². The lowest BCUT2D eigenvalue weighted by atomic mass is 9.74. The zero-order chi connectivity index (χ0) is 13.1. The molecule has 1 heterocycles. The van der Waals surface area contributed by atoms with Gasteiger partial charge in [0, 0.05) is 31.2 Å². The number of hydrogen-bond donors (Lipinski definition) is 2. The van der Waals surface area contributed by atoms with Crippen molar-refractivity contribution in [1.82, 2.24) is 5.32 Å². The Bertz CT molecular complexity index is 259. The van der Waals surface area contributed by atoms with Crippen LogP contribution in [0.15, 0.2) is 0 Å². The van der Waals surface area contributed by atoms with Gasteiger partial charge in [-0.2, -0.15) is 0 Å². The summed E-state index contributed by atoms with van der Waals surface area (Å²) < 4.78 is 5.75. The van der Waals surface area contributed by atoms with Crippen LogP contribution in [0, 0.1) is 5.41 Å². The Kier molecular flexibility index (Phi) is 4.68. The Morgan fingerprint density at radius 3 is 2.56 bits per heavy atom. The normalized spacial score (nSPS) is 31.2. The van der Waals surface area contributed by atoms with Crippen molar-refractivity contribution >= 4 is 0 Å². The number of nitrogens with one attached hydrogen (secondary N) is 1.